The minimum Gasteiger partial charge on any atom is -0.280 e. The van der Waals surface area contributed by atoms with Crippen molar-refractivity contribution >= 4 is 31.6 Å². The minimum atomic E-state index is -3.92. The molecule has 0 radical (unpaired) electrons. The number of amidine groups is 1. The van der Waals surface area contributed by atoms with Gasteiger partial charge in [0.25, 0.3) is 20.0 Å². The lowest BCUT2D eigenvalue weighted by atomic mass is 9.95. The fourth-order valence-corrected chi connectivity index (χ4v) is 6.76. The van der Waals surface area contributed by atoms with E-state index in [0.717, 1.165) is 36.0 Å². The van der Waals surface area contributed by atoms with Gasteiger partial charge >= 0.3 is 0 Å². The molecule has 0 aliphatic carbocycles. The number of hydrogen-bond acceptors (Lipinski definition) is 5. The molecule has 0 spiro atoms. The van der Waals surface area contributed by atoms with Gasteiger partial charge in [-0.2, -0.15) is 0 Å². The first-order valence-electron chi connectivity index (χ1n) is 10.7. The monoisotopic (exact) mass is 477 g/mol. The first-order valence-corrected chi connectivity index (χ1v) is 13.7. The number of nitrogens with zero attached hydrogens (tertiary/aromatic N) is 1. The van der Waals surface area contributed by atoms with E-state index in [1.54, 1.807) is 13.8 Å². The molecule has 1 aliphatic heterocycles. The van der Waals surface area contributed by atoms with Crippen molar-refractivity contribution in [1.82, 2.24) is 4.72 Å². The van der Waals surface area contributed by atoms with E-state index in [0.29, 0.717) is 29.9 Å². The highest BCUT2D eigenvalue weighted by Crippen LogP contribution is 2.31. The predicted octanol–water partition coefficient (Wildman–Crippen LogP) is 4.28. The Morgan fingerprint density at radius 3 is 2.03 bits per heavy atom. The van der Waals surface area contributed by atoms with Crippen molar-refractivity contribution < 1.29 is 16.8 Å². The van der Waals surface area contributed by atoms with Gasteiger partial charge in [0.1, 0.15) is 5.84 Å². The molecule has 0 bridgehead atoms. The van der Waals surface area contributed by atoms with Gasteiger partial charge in [0.15, 0.2) is 0 Å². The number of aliphatic imine (C=N–C) groups is 1. The molecule has 2 aromatic carbocycles. The maximum Gasteiger partial charge on any atom is 0.262 e. The van der Waals surface area contributed by atoms with Crippen LogP contribution in [0.4, 0.5) is 5.69 Å². The third-order valence-corrected chi connectivity index (χ3v) is 9.26. The van der Waals surface area contributed by atoms with Crippen molar-refractivity contribution in [1.29, 1.82) is 0 Å². The van der Waals surface area contributed by atoms with Crippen LogP contribution in [0.15, 0.2) is 39.0 Å². The van der Waals surface area contributed by atoms with Crippen LogP contribution in [0.3, 0.4) is 0 Å². The van der Waals surface area contributed by atoms with Crippen molar-refractivity contribution in [2.24, 2.45) is 4.99 Å². The summed E-state index contributed by atoms with van der Waals surface area (Å²) in [6, 6.07) is 5.83. The molecule has 7 nitrogen and oxygen atoms in total. The lowest BCUT2D eigenvalue weighted by molar-refractivity contribution is 0.591. The van der Waals surface area contributed by atoms with Crippen molar-refractivity contribution in [3.05, 3.63) is 52.1 Å². The van der Waals surface area contributed by atoms with E-state index in [1.807, 2.05) is 20.8 Å². The Labute approximate surface area is 191 Å². The number of nitrogens with one attached hydrogen (secondary N) is 2. The molecular weight excluding hydrogens is 446 g/mol. The summed E-state index contributed by atoms with van der Waals surface area (Å²) in [5.41, 5.74) is 4.49. The van der Waals surface area contributed by atoms with Gasteiger partial charge in [0, 0.05) is 13.0 Å². The fraction of sp³-hybridized carbons (Fsp3) is 0.435. The second-order valence-electron chi connectivity index (χ2n) is 8.33. The molecule has 32 heavy (non-hydrogen) atoms. The van der Waals surface area contributed by atoms with Crippen LogP contribution in [0.5, 0.6) is 0 Å². The zero-order valence-electron chi connectivity index (χ0n) is 19.2. The molecule has 9 heteroatoms. The Kier molecular flexibility index (Phi) is 7.00. The molecule has 2 aromatic rings. The van der Waals surface area contributed by atoms with Gasteiger partial charge < -0.3 is 0 Å². The number of benzene rings is 2. The summed E-state index contributed by atoms with van der Waals surface area (Å²) in [4.78, 5) is 4.53. The molecule has 174 valence electrons. The molecule has 0 saturated carbocycles. The maximum absolute atomic E-state index is 13.3. The largest absolute Gasteiger partial charge is 0.280 e. The summed E-state index contributed by atoms with van der Waals surface area (Å²) >= 11 is 0. The Morgan fingerprint density at radius 1 is 0.750 bits per heavy atom. The van der Waals surface area contributed by atoms with E-state index < -0.39 is 20.0 Å². The molecule has 0 unspecified atom stereocenters. The summed E-state index contributed by atoms with van der Waals surface area (Å²) in [6.45, 7) is 9.99. The van der Waals surface area contributed by atoms with Gasteiger partial charge in [0.2, 0.25) is 0 Å². The van der Waals surface area contributed by atoms with E-state index in [-0.39, 0.29) is 15.5 Å². The molecule has 0 fully saturated rings. The molecule has 0 aromatic heterocycles. The highest BCUT2D eigenvalue weighted by atomic mass is 32.2. The lowest BCUT2D eigenvalue weighted by Crippen LogP contribution is -2.30. The van der Waals surface area contributed by atoms with Gasteiger partial charge in [-0.05, 0) is 93.5 Å². The number of hydrogen-bond donors (Lipinski definition) is 2. The maximum atomic E-state index is 13.3. The van der Waals surface area contributed by atoms with Crippen LogP contribution in [-0.2, 0) is 20.0 Å². The first-order chi connectivity index (χ1) is 14.9. The fourth-order valence-electron chi connectivity index (χ4n) is 3.97. The highest BCUT2D eigenvalue weighted by Gasteiger charge is 2.25. The average Bonchev–Trinajstić information content (AvgIpc) is 2.98. The van der Waals surface area contributed by atoms with E-state index in [1.165, 1.54) is 24.3 Å². The van der Waals surface area contributed by atoms with Crippen LogP contribution in [0.1, 0.15) is 53.5 Å². The second kappa shape index (κ2) is 9.23. The molecule has 1 aliphatic rings. The van der Waals surface area contributed by atoms with Crippen LogP contribution in [0, 0.1) is 34.6 Å². The average molecular weight is 478 g/mol. The van der Waals surface area contributed by atoms with E-state index in [4.69, 9.17) is 0 Å². The molecule has 0 atom stereocenters. The lowest BCUT2D eigenvalue weighted by Gasteiger charge is -2.19. The summed E-state index contributed by atoms with van der Waals surface area (Å²) in [7, 11) is -7.79. The Morgan fingerprint density at radius 2 is 1.38 bits per heavy atom. The molecule has 2 N–H and O–H groups in total. The van der Waals surface area contributed by atoms with Crippen molar-refractivity contribution in [2.75, 3.05) is 11.3 Å². The smallest absolute Gasteiger partial charge is 0.262 e. The van der Waals surface area contributed by atoms with E-state index in [9.17, 15) is 16.8 Å². The summed E-state index contributed by atoms with van der Waals surface area (Å²) < 4.78 is 57.4. The van der Waals surface area contributed by atoms with Gasteiger partial charge in [-0.1, -0.05) is 12.5 Å². The number of rotatable bonds is 5. The van der Waals surface area contributed by atoms with Crippen LogP contribution < -0.4 is 9.44 Å². The quantitative estimate of drug-likeness (QED) is 0.670. The number of sulfonamides is 2. The zero-order valence-corrected chi connectivity index (χ0v) is 20.9. The molecular formula is C23H31N3O4S2. The Hall–Kier alpha value is -2.39. The Bertz CT molecular complexity index is 1250. The summed E-state index contributed by atoms with van der Waals surface area (Å²) in [6.07, 6.45) is 3.42. The first kappa shape index (κ1) is 24.3. The zero-order chi connectivity index (χ0) is 23.7. The molecule has 0 amide bonds. The van der Waals surface area contributed by atoms with Gasteiger partial charge in [-0.15, -0.1) is 0 Å². The van der Waals surface area contributed by atoms with Crippen molar-refractivity contribution in [3.63, 3.8) is 0 Å². The third-order valence-electron chi connectivity index (χ3n) is 6.22. The third kappa shape index (κ3) is 4.99. The van der Waals surface area contributed by atoms with Crippen LogP contribution >= 0.6 is 0 Å². The summed E-state index contributed by atoms with van der Waals surface area (Å²) in [5, 5.41) is 0. The van der Waals surface area contributed by atoms with Crippen LogP contribution in [-0.4, -0.2) is 29.2 Å². The molecule has 1 heterocycles. The van der Waals surface area contributed by atoms with Crippen LogP contribution in [0.25, 0.3) is 0 Å². The second-order valence-corrected chi connectivity index (χ2v) is 11.6. The summed E-state index contributed by atoms with van der Waals surface area (Å²) in [5.74, 6) is 0.449. The van der Waals surface area contributed by atoms with Crippen molar-refractivity contribution in [3.8, 4) is 0 Å². The highest BCUT2D eigenvalue weighted by molar-refractivity contribution is 7.93. The van der Waals surface area contributed by atoms with Gasteiger partial charge in [0.05, 0.1) is 15.5 Å². The SMILES string of the molecule is Cc1c(C)c(C)c(S(=O)(=O)Nc2cccc(S(=O)(=O)NC3=NCCCCC3)c2)c(C)c1C. The standard InChI is InChI=1S/C23H31N3O4S2/c1-15-16(2)18(4)23(19(5)17(15)3)32(29,30)25-20-10-9-11-21(14-20)31(27,28)26-22-12-7-6-8-13-24-22/h9-11,14,25H,6-8,12-13H2,1-5H3,(H,24,26). The minimum absolute atomic E-state index is 0.0191. The van der Waals surface area contributed by atoms with E-state index in [2.05, 4.69) is 14.4 Å². The van der Waals surface area contributed by atoms with E-state index >= 15 is 0 Å². The van der Waals surface area contributed by atoms with Gasteiger partial charge in [-0.25, -0.2) is 16.8 Å². The van der Waals surface area contributed by atoms with Crippen LogP contribution in [0.2, 0.25) is 0 Å². The molecule has 0 saturated heterocycles. The van der Waals surface area contributed by atoms with Gasteiger partial charge in [-0.3, -0.25) is 14.4 Å². The van der Waals surface area contributed by atoms with Crippen molar-refractivity contribution in [2.45, 2.75) is 70.1 Å². The Balaban J connectivity index is 1.93. The number of anilines is 1. The normalized spacial score (nSPS) is 15.1. The molecule has 3 rings (SSSR count). The topological polar surface area (TPSA) is 105 Å². The predicted molar refractivity (Wildman–Crippen MR) is 128 cm³/mol.